The van der Waals surface area contributed by atoms with Crippen LogP contribution in [0, 0.1) is 5.41 Å². The van der Waals surface area contributed by atoms with Crippen LogP contribution in [0.25, 0.3) is 0 Å². The van der Waals surface area contributed by atoms with Crippen LogP contribution in [-0.2, 0) is 11.3 Å². The van der Waals surface area contributed by atoms with Crippen molar-refractivity contribution in [1.29, 1.82) is 0 Å². The van der Waals surface area contributed by atoms with Crippen LogP contribution >= 0.6 is 11.3 Å². The molecule has 2 fully saturated rings. The Balaban J connectivity index is 1.44. The molecule has 1 amide bonds. The molecule has 4 rings (SSSR count). The molecule has 2 aromatic heterocycles. The Morgan fingerprint density at radius 1 is 1.40 bits per heavy atom. The van der Waals surface area contributed by atoms with E-state index in [-0.39, 0.29) is 12.5 Å². The summed E-state index contributed by atoms with van der Waals surface area (Å²) in [6.45, 7) is 2.87. The maximum Gasteiger partial charge on any atom is 0.261 e. The van der Waals surface area contributed by atoms with E-state index in [0.29, 0.717) is 23.8 Å². The van der Waals surface area contributed by atoms with Crippen LogP contribution in [0.2, 0.25) is 0 Å². The molecule has 1 N–H and O–H groups in total. The standard InChI is InChI=1S/C19H23N3O2S/c23-18(13-24-16-2-1-6-21-11-16)22(12-15-3-9-25-14-15)17-10-19(17)4-7-20-8-5-19/h1-3,6,9,11,14,17,20H,4-5,7-8,10,12-13H2. The van der Waals surface area contributed by atoms with Crippen LogP contribution in [0.4, 0.5) is 0 Å². The summed E-state index contributed by atoms with van der Waals surface area (Å²) in [5, 5.41) is 7.62. The number of hydrogen-bond acceptors (Lipinski definition) is 5. The minimum absolute atomic E-state index is 0.0652. The number of nitrogens with one attached hydrogen (secondary N) is 1. The molecule has 6 heteroatoms. The number of thiophene rings is 1. The third-order valence-corrected chi connectivity index (χ3v) is 6.10. The molecule has 2 aliphatic rings. The van der Waals surface area contributed by atoms with Gasteiger partial charge in [0.2, 0.25) is 0 Å². The first-order chi connectivity index (χ1) is 12.3. The Morgan fingerprint density at radius 3 is 3.00 bits per heavy atom. The molecule has 2 aromatic rings. The van der Waals surface area contributed by atoms with Crippen LogP contribution in [0.5, 0.6) is 5.75 Å². The predicted octanol–water partition coefficient (Wildman–Crippen LogP) is 2.69. The Bertz CT molecular complexity index is 699. The molecule has 25 heavy (non-hydrogen) atoms. The molecular weight excluding hydrogens is 334 g/mol. The summed E-state index contributed by atoms with van der Waals surface area (Å²) in [7, 11) is 0. The van der Waals surface area contributed by atoms with E-state index in [1.807, 2.05) is 17.0 Å². The molecule has 132 valence electrons. The molecule has 3 heterocycles. The van der Waals surface area contributed by atoms with Crippen molar-refractivity contribution in [3.8, 4) is 5.75 Å². The van der Waals surface area contributed by atoms with E-state index in [1.165, 1.54) is 5.56 Å². The topological polar surface area (TPSA) is 54.5 Å². The van der Waals surface area contributed by atoms with E-state index in [4.69, 9.17) is 4.74 Å². The van der Waals surface area contributed by atoms with Gasteiger partial charge in [-0.2, -0.15) is 11.3 Å². The fourth-order valence-electron chi connectivity index (χ4n) is 3.84. The zero-order chi connectivity index (χ0) is 17.1. The molecule has 1 saturated heterocycles. The number of nitrogens with zero attached hydrogens (tertiary/aromatic N) is 2. The molecule has 1 aliphatic heterocycles. The summed E-state index contributed by atoms with van der Waals surface area (Å²) in [5.74, 6) is 0.703. The number of carbonyl (C=O) groups is 1. The normalized spacial score (nSPS) is 21.0. The summed E-state index contributed by atoms with van der Waals surface area (Å²) in [5.41, 5.74) is 1.53. The van der Waals surface area contributed by atoms with Gasteiger partial charge in [0.15, 0.2) is 6.61 Å². The molecule has 0 radical (unpaired) electrons. The van der Waals surface area contributed by atoms with Gasteiger partial charge >= 0.3 is 0 Å². The molecule has 1 spiro atoms. The first kappa shape index (κ1) is 16.5. The number of rotatable bonds is 6. The predicted molar refractivity (Wildman–Crippen MR) is 97.5 cm³/mol. The molecule has 1 saturated carbocycles. The summed E-state index contributed by atoms with van der Waals surface area (Å²) in [6, 6.07) is 6.09. The number of ether oxygens (including phenoxy) is 1. The smallest absolute Gasteiger partial charge is 0.261 e. The lowest BCUT2D eigenvalue weighted by atomic mass is 9.93. The highest BCUT2D eigenvalue weighted by molar-refractivity contribution is 7.07. The van der Waals surface area contributed by atoms with Gasteiger partial charge in [-0.3, -0.25) is 9.78 Å². The number of pyridine rings is 1. The third-order valence-electron chi connectivity index (χ3n) is 5.37. The number of amides is 1. The van der Waals surface area contributed by atoms with Gasteiger partial charge in [0.1, 0.15) is 5.75 Å². The van der Waals surface area contributed by atoms with Gasteiger partial charge in [-0.05, 0) is 72.3 Å². The second-order valence-electron chi connectivity index (χ2n) is 6.96. The fraction of sp³-hybridized carbons (Fsp3) is 0.474. The Hall–Kier alpha value is -1.92. The lowest BCUT2D eigenvalue weighted by Crippen LogP contribution is -2.41. The molecule has 5 nitrogen and oxygen atoms in total. The van der Waals surface area contributed by atoms with E-state index < -0.39 is 0 Å². The SMILES string of the molecule is O=C(COc1cccnc1)N(Cc1ccsc1)C1CC12CCNCC2. The zero-order valence-corrected chi connectivity index (χ0v) is 15.0. The van der Waals surface area contributed by atoms with Crippen molar-refractivity contribution in [2.45, 2.75) is 31.8 Å². The summed E-state index contributed by atoms with van der Waals surface area (Å²) >= 11 is 1.68. The first-order valence-corrected chi connectivity index (χ1v) is 9.75. The van der Waals surface area contributed by atoms with E-state index in [2.05, 4.69) is 27.1 Å². The van der Waals surface area contributed by atoms with Gasteiger partial charge in [0.05, 0.1) is 6.20 Å². The van der Waals surface area contributed by atoms with E-state index in [0.717, 1.165) is 32.4 Å². The van der Waals surface area contributed by atoms with Crippen molar-refractivity contribution in [2.24, 2.45) is 5.41 Å². The van der Waals surface area contributed by atoms with Gasteiger partial charge in [0, 0.05) is 18.8 Å². The zero-order valence-electron chi connectivity index (χ0n) is 14.2. The largest absolute Gasteiger partial charge is 0.482 e. The van der Waals surface area contributed by atoms with Crippen molar-refractivity contribution in [1.82, 2.24) is 15.2 Å². The molecular formula is C19H23N3O2S. The third kappa shape index (κ3) is 3.70. The average Bonchev–Trinajstić information content (AvgIpc) is 3.08. The van der Waals surface area contributed by atoms with Crippen LogP contribution in [0.15, 0.2) is 41.4 Å². The number of carbonyl (C=O) groups excluding carboxylic acids is 1. The van der Waals surface area contributed by atoms with E-state index >= 15 is 0 Å². The minimum Gasteiger partial charge on any atom is -0.482 e. The van der Waals surface area contributed by atoms with Crippen LogP contribution in [-0.4, -0.2) is 41.5 Å². The molecule has 0 aromatic carbocycles. The van der Waals surface area contributed by atoms with Crippen LogP contribution < -0.4 is 10.1 Å². The van der Waals surface area contributed by atoms with Crippen molar-refractivity contribution in [3.05, 3.63) is 46.9 Å². The Morgan fingerprint density at radius 2 is 2.28 bits per heavy atom. The van der Waals surface area contributed by atoms with Gasteiger partial charge in [-0.15, -0.1) is 0 Å². The molecule has 1 aliphatic carbocycles. The number of aromatic nitrogens is 1. The van der Waals surface area contributed by atoms with Gasteiger partial charge in [0.25, 0.3) is 5.91 Å². The van der Waals surface area contributed by atoms with E-state index in [1.54, 1.807) is 23.7 Å². The molecule has 0 bridgehead atoms. The summed E-state index contributed by atoms with van der Waals surface area (Å²) in [4.78, 5) is 19.0. The molecule has 1 unspecified atom stereocenters. The lowest BCUT2D eigenvalue weighted by Gasteiger charge is -2.29. The quantitative estimate of drug-likeness (QED) is 0.864. The Labute approximate surface area is 152 Å². The summed E-state index contributed by atoms with van der Waals surface area (Å²) < 4.78 is 5.66. The summed E-state index contributed by atoms with van der Waals surface area (Å²) in [6.07, 6.45) is 6.78. The van der Waals surface area contributed by atoms with Gasteiger partial charge < -0.3 is 15.0 Å². The van der Waals surface area contributed by atoms with Crippen molar-refractivity contribution < 1.29 is 9.53 Å². The minimum atomic E-state index is 0.0652. The van der Waals surface area contributed by atoms with Crippen molar-refractivity contribution >= 4 is 17.2 Å². The lowest BCUT2D eigenvalue weighted by molar-refractivity contribution is -0.135. The fourth-order valence-corrected chi connectivity index (χ4v) is 4.50. The van der Waals surface area contributed by atoms with Gasteiger partial charge in [-0.25, -0.2) is 0 Å². The van der Waals surface area contributed by atoms with Crippen LogP contribution in [0.3, 0.4) is 0 Å². The number of piperidine rings is 1. The second-order valence-corrected chi connectivity index (χ2v) is 7.74. The Kier molecular flexibility index (Phi) is 4.72. The highest BCUT2D eigenvalue weighted by Gasteiger charge is 2.57. The first-order valence-electron chi connectivity index (χ1n) is 8.81. The van der Waals surface area contributed by atoms with E-state index in [9.17, 15) is 4.79 Å². The van der Waals surface area contributed by atoms with Crippen LogP contribution in [0.1, 0.15) is 24.8 Å². The van der Waals surface area contributed by atoms with Crippen molar-refractivity contribution in [3.63, 3.8) is 0 Å². The van der Waals surface area contributed by atoms with Gasteiger partial charge in [-0.1, -0.05) is 0 Å². The maximum atomic E-state index is 12.9. The highest BCUT2D eigenvalue weighted by Crippen LogP contribution is 2.56. The average molecular weight is 357 g/mol. The monoisotopic (exact) mass is 357 g/mol. The van der Waals surface area contributed by atoms with Crippen molar-refractivity contribution in [2.75, 3.05) is 19.7 Å². The maximum absolute atomic E-state index is 12.9. The number of hydrogen-bond donors (Lipinski definition) is 1. The highest BCUT2D eigenvalue weighted by atomic mass is 32.1. The second kappa shape index (κ2) is 7.14. The molecule has 1 atom stereocenters.